The zero-order valence-electron chi connectivity index (χ0n) is 15.9. The second-order valence-electron chi connectivity index (χ2n) is 7.37. The number of rotatable bonds is 4. The average Bonchev–Trinajstić information content (AvgIpc) is 3.28. The Labute approximate surface area is 166 Å². The lowest BCUT2D eigenvalue weighted by molar-refractivity contribution is -0.126. The van der Waals surface area contributed by atoms with E-state index in [1.54, 1.807) is 29.2 Å². The van der Waals surface area contributed by atoms with Gasteiger partial charge in [0.25, 0.3) is 0 Å². The number of hydrogen-bond donors (Lipinski definition) is 0. The topological polar surface area (TPSA) is 57.7 Å². The van der Waals surface area contributed by atoms with Crippen LogP contribution < -0.4 is 4.31 Å². The summed E-state index contributed by atoms with van der Waals surface area (Å²) in [6.07, 6.45) is 5.98. The van der Waals surface area contributed by atoms with Crippen molar-refractivity contribution in [1.29, 1.82) is 0 Å². The Bertz CT molecular complexity index is 1010. The molecule has 1 fully saturated rings. The molecule has 5 nitrogen and oxygen atoms in total. The lowest BCUT2D eigenvalue weighted by atomic mass is 10.1. The molecule has 0 saturated carbocycles. The summed E-state index contributed by atoms with van der Waals surface area (Å²) in [5.41, 5.74) is 4.11. The molecule has 1 saturated heterocycles. The number of sulfonamides is 1. The summed E-state index contributed by atoms with van der Waals surface area (Å²) in [6, 6.07) is 15.7. The molecule has 0 N–H and O–H groups in total. The predicted octanol–water partition coefficient (Wildman–Crippen LogP) is 3.39. The van der Waals surface area contributed by atoms with Gasteiger partial charge in [-0.05, 0) is 54.2 Å². The third kappa shape index (κ3) is 3.56. The van der Waals surface area contributed by atoms with Crippen molar-refractivity contribution in [3.8, 4) is 0 Å². The van der Waals surface area contributed by atoms with E-state index in [1.807, 2.05) is 31.3 Å². The van der Waals surface area contributed by atoms with Crippen molar-refractivity contribution in [2.45, 2.75) is 25.3 Å². The number of benzene rings is 2. The Hall–Kier alpha value is -2.60. The molecule has 1 aliphatic carbocycles. The molecule has 1 heterocycles. The number of aryl methyl sites for hydroxylation is 1. The average molecular weight is 397 g/mol. The van der Waals surface area contributed by atoms with Gasteiger partial charge in [-0.25, -0.2) is 8.42 Å². The van der Waals surface area contributed by atoms with Crippen molar-refractivity contribution in [2.75, 3.05) is 23.7 Å². The zero-order valence-corrected chi connectivity index (χ0v) is 16.7. The number of carbonyl (C=O) groups is 1. The largest absolute Gasteiger partial charge is 0.335 e. The number of fused-ring (bicyclic) bond motifs is 1. The molecule has 2 aromatic carbocycles. The standard InChI is InChI=1S/C22H24N2O3S/c1-23(21-13-10-18-5-2-3-6-20(18)21)22(25)14-9-17-7-11-19(12-8-17)24-15-4-16-28(24,26)27/h2-3,5-9,11-12,14,21H,4,10,13,15-16H2,1H3/b14-9+. The molecule has 6 heteroatoms. The number of anilines is 1. The molecule has 1 atom stereocenters. The van der Waals surface area contributed by atoms with Crippen LogP contribution in [0.25, 0.3) is 6.08 Å². The van der Waals surface area contributed by atoms with Gasteiger partial charge in [-0.15, -0.1) is 0 Å². The van der Waals surface area contributed by atoms with Crippen LogP contribution in [0.3, 0.4) is 0 Å². The fourth-order valence-electron chi connectivity index (χ4n) is 4.06. The van der Waals surface area contributed by atoms with Crippen LogP contribution in [0.5, 0.6) is 0 Å². The van der Waals surface area contributed by atoms with E-state index in [1.165, 1.54) is 15.4 Å². The lowest BCUT2D eigenvalue weighted by Crippen LogP contribution is -2.28. The third-order valence-electron chi connectivity index (χ3n) is 5.62. The van der Waals surface area contributed by atoms with Crippen molar-refractivity contribution < 1.29 is 13.2 Å². The van der Waals surface area contributed by atoms with E-state index < -0.39 is 10.0 Å². The first kappa shape index (κ1) is 18.7. The van der Waals surface area contributed by atoms with Crippen LogP contribution in [0.2, 0.25) is 0 Å². The van der Waals surface area contributed by atoms with Gasteiger partial charge in [0, 0.05) is 19.7 Å². The normalized spacial score (nSPS) is 20.5. The molecule has 1 amide bonds. The van der Waals surface area contributed by atoms with Crippen LogP contribution in [-0.2, 0) is 21.2 Å². The second kappa shape index (κ2) is 7.43. The van der Waals surface area contributed by atoms with Gasteiger partial charge in [-0.2, -0.15) is 0 Å². The maximum Gasteiger partial charge on any atom is 0.246 e. The summed E-state index contributed by atoms with van der Waals surface area (Å²) >= 11 is 0. The molecule has 2 aliphatic rings. The lowest BCUT2D eigenvalue weighted by Gasteiger charge is -2.24. The maximum atomic E-state index is 12.6. The summed E-state index contributed by atoms with van der Waals surface area (Å²) in [6.45, 7) is 0.531. The van der Waals surface area contributed by atoms with Crippen LogP contribution in [0, 0.1) is 0 Å². The highest BCUT2D eigenvalue weighted by Crippen LogP contribution is 2.35. The van der Waals surface area contributed by atoms with Gasteiger partial charge in [0.15, 0.2) is 0 Å². The minimum atomic E-state index is -3.17. The first-order valence-electron chi connectivity index (χ1n) is 9.59. The van der Waals surface area contributed by atoms with Gasteiger partial charge in [0.2, 0.25) is 15.9 Å². The van der Waals surface area contributed by atoms with Crippen LogP contribution in [0.15, 0.2) is 54.6 Å². The third-order valence-corrected chi connectivity index (χ3v) is 7.48. The van der Waals surface area contributed by atoms with Crippen molar-refractivity contribution in [3.63, 3.8) is 0 Å². The molecule has 146 valence electrons. The van der Waals surface area contributed by atoms with Gasteiger partial charge in [0.05, 0.1) is 17.5 Å². The number of nitrogens with zero attached hydrogens (tertiary/aromatic N) is 2. The van der Waals surface area contributed by atoms with E-state index in [0.29, 0.717) is 18.7 Å². The Morgan fingerprint density at radius 1 is 1.14 bits per heavy atom. The maximum absolute atomic E-state index is 12.6. The number of carbonyl (C=O) groups excluding carboxylic acids is 1. The van der Waals surface area contributed by atoms with Gasteiger partial charge >= 0.3 is 0 Å². The molecule has 1 aliphatic heterocycles. The van der Waals surface area contributed by atoms with Crippen LogP contribution in [0.1, 0.15) is 35.6 Å². The molecule has 1 unspecified atom stereocenters. The molecule has 28 heavy (non-hydrogen) atoms. The molecular formula is C22H24N2O3S. The molecule has 4 rings (SSSR count). The molecule has 0 spiro atoms. The van der Waals surface area contributed by atoms with Gasteiger partial charge in [0.1, 0.15) is 0 Å². The quantitative estimate of drug-likeness (QED) is 0.745. The fourth-order valence-corrected chi connectivity index (χ4v) is 5.62. The minimum absolute atomic E-state index is 0.0344. The van der Waals surface area contributed by atoms with Crippen LogP contribution in [-0.4, -0.2) is 38.6 Å². The van der Waals surface area contributed by atoms with E-state index in [2.05, 4.69) is 12.1 Å². The Balaban J connectivity index is 1.43. The summed E-state index contributed by atoms with van der Waals surface area (Å²) < 4.78 is 25.5. The summed E-state index contributed by atoms with van der Waals surface area (Å²) in [4.78, 5) is 14.4. The monoisotopic (exact) mass is 396 g/mol. The highest BCUT2D eigenvalue weighted by molar-refractivity contribution is 7.93. The molecule has 0 aromatic heterocycles. The summed E-state index contributed by atoms with van der Waals surface area (Å²) in [7, 11) is -1.32. The Morgan fingerprint density at radius 2 is 1.89 bits per heavy atom. The predicted molar refractivity (Wildman–Crippen MR) is 111 cm³/mol. The van der Waals surface area contributed by atoms with Crippen molar-refractivity contribution >= 4 is 27.7 Å². The van der Waals surface area contributed by atoms with E-state index in [9.17, 15) is 13.2 Å². The number of amides is 1. The molecular weight excluding hydrogens is 372 g/mol. The van der Waals surface area contributed by atoms with Crippen LogP contribution >= 0.6 is 0 Å². The smallest absolute Gasteiger partial charge is 0.246 e. The van der Waals surface area contributed by atoms with E-state index in [0.717, 1.165) is 18.4 Å². The van der Waals surface area contributed by atoms with Crippen molar-refractivity contribution in [1.82, 2.24) is 4.90 Å². The van der Waals surface area contributed by atoms with E-state index >= 15 is 0 Å². The van der Waals surface area contributed by atoms with Gasteiger partial charge in [-0.1, -0.05) is 36.4 Å². The highest BCUT2D eigenvalue weighted by Gasteiger charge is 2.28. The first-order chi connectivity index (χ1) is 13.5. The van der Waals surface area contributed by atoms with E-state index in [-0.39, 0.29) is 17.7 Å². The minimum Gasteiger partial charge on any atom is -0.335 e. The summed E-state index contributed by atoms with van der Waals surface area (Å²) in [5.74, 6) is 0.174. The Kier molecular flexibility index (Phi) is 4.98. The fraction of sp³-hybridized carbons (Fsp3) is 0.318. The molecule has 2 aromatic rings. The van der Waals surface area contributed by atoms with Gasteiger partial charge in [-0.3, -0.25) is 9.10 Å². The van der Waals surface area contributed by atoms with Crippen LogP contribution in [0.4, 0.5) is 5.69 Å². The molecule has 0 radical (unpaired) electrons. The second-order valence-corrected chi connectivity index (χ2v) is 9.38. The first-order valence-corrected chi connectivity index (χ1v) is 11.2. The molecule has 0 bridgehead atoms. The summed E-state index contributed by atoms with van der Waals surface area (Å²) in [5, 5.41) is 0. The SMILES string of the molecule is CN(C(=O)/C=C/c1ccc(N2CCCS2(=O)=O)cc1)C1CCc2ccccc21. The zero-order chi connectivity index (χ0) is 19.7. The number of likely N-dealkylation sites (N-methyl/N-ethyl adjacent to an activating group) is 1. The van der Waals surface area contributed by atoms with Crippen molar-refractivity contribution in [3.05, 3.63) is 71.3 Å². The van der Waals surface area contributed by atoms with Crippen molar-refractivity contribution in [2.24, 2.45) is 0 Å². The van der Waals surface area contributed by atoms with Gasteiger partial charge < -0.3 is 4.90 Å². The van der Waals surface area contributed by atoms with E-state index in [4.69, 9.17) is 0 Å². The highest BCUT2D eigenvalue weighted by atomic mass is 32.2. The Morgan fingerprint density at radius 3 is 2.61 bits per heavy atom. The number of hydrogen-bond acceptors (Lipinski definition) is 3.